The van der Waals surface area contributed by atoms with Gasteiger partial charge in [-0.3, -0.25) is 9.88 Å². The highest BCUT2D eigenvalue weighted by molar-refractivity contribution is 6.04. The molecule has 9 nitrogen and oxygen atoms in total. The Hall–Kier alpha value is -4.23. The first kappa shape index (κ1) is 26.9. The Labute approximate surface area is 264 Å². The first-order valence-electron chi connectivity index (χ1n) is 16.2. The first-order valence-corrected chi connectivity index (χ1v) is 15.2. The summed E-state index contributed by atoms with van der Waals surface area (Å²) in [5, 5.41) is 0.278. The monoisotopic (exact) mass is 638 g/mol. The van der Waals surface area contributed by atoms with Gasteiger partial charge in [0.05, 0.1) is 30.2 Å². The normalized spacial score (nSPS) is 26.9. The van der Waals surface area contributed by atoms with E-state index in [0.29, 0.717) is 13.2 Å². The molecule has 1 aliphatic carbocycles. The van der Waals surface area contributed by atoms with E-state index in [1.54, 1.807) is 4.90 Å². The van der Waals surface area contributed by atoms with E-state index in [9.17, 15) is 8.78 Å². The van der Waals surface area contributed by atoms with Crippen LogP contribution in [-0.4, -0.2) is 83.9 Å². The van der Waals surface area contributed by atoms with Crippen molar-refractivity contribution in [2.45, 2.75) is 37.0 Å². The summed E-state index contributed by atoms with van der Waals surface area (Å²) >= 11 is 0. The van der Waals surface area contributed by atoms with Crippen molar-refractivity contribution in [3.05, 3.63) is 54.2 Å². The number of alkyl halides is 2. The lowest BCUT2D eigenvalue weighted by Crippen LogP contribution is -2.43. The Morgan fingerprint density at radius 1 is 1.20 bits per heavy atom. The van der Waals surface area contributed by atoms with Gasteiger partial charge >= 0.3 is 6.01 Å². The molecule has 0 radical (unpaired) electrons. The van der Waals surface area contributed by atoms with E-state index in [0.717, 1.165) is 44.0 Å². The number of benzene rings is 2. The molecule has 1 saturated carbocycles. The Bertz CT molecular complexity index is 1980. The van der Waals surface area contributed by atoms with Gasteiger partial charge in [-0.2, -0.15) is 9.97 Å². The molecule has 2 aromatic heterocycles. The molecular formula is C33H32F4N6O3. The third-order valence-corrected chi connectivity index (χ3v) is 9.74. The van der Waals surface area contributed by atoms with Gasteiger partial charge in [0.1, 0.15) is 32.5 Å². The highest BCUT2D eigenvalue weighted by atomic mass is 19.1. The molecule has 0 amide bonds. The summed E-state index contributed by atoms with van der Waals surface area (Å²) in [7, 11) is 0. The van der Waals surface area contributed by atoms with Gasteiger partial charge in [0.2, 0.25) is 6.81 Å². The van der Waals surface area contributed by atoms with E-state index < -0.39 is 36.4 Å². The number of halogens is 4. The molecule has 0 unspecified atom stereocenters. The molecule has 4 atom stereocenters. The van der Waals surface area contributed by atoms with Crippen molar-refractivity contribution >= 4 is 33.2 Å². The van der Waals surface area contributed by atoms with Crippen molar-refractivity contribution in [1.29, 1.82) is 0 Å². The average Bonchev–Trinajstić information content (AvgIpc) is 3.44. The molecule has 3 saturated heterocycles. The number of nitrogens with zero attached hydrogens (tertiary/aromatic N) is 5. The predicted octanol–water partition coefficient (Wildman–Crippen LogP) is 5.36. The molecule has 4 aliphatic rings. The molecule has 8 rings (SSSR count). The Balaban J connectivity index is 1.29. The molecule has 46 heavy (non-hydrogen) atoms. The zero-order valence-corrected chi connectivity index (χ0v) is 24.7. The van der Waals surface area contributed by atoms with Crippen LogP contribution in [0.5, 0.6) is 11.8 Å². The Kier molecular flexibility index (Phi) is 6.41. The van der Waals surface area contributed by atoms with Crippen LogP contribution in [0.1, 0.15) is 22.0 Å². The highest BCUT2D eigenvalue weighted by Gasteiger charge is 2.56. The summed E-state index contributed by atoms with van der Waals surface area (Å²) in [6.07, 6.45) is 2.84. The van der Waals surface area contributed by atoms with Crippen LogP contribution >= 0.6 is 0 Å². The lowest BCUT2D eigenvalue weighted by molar-refractivity contribution is 0.108. The summed E-state index contributed by atoms with van der Waals surface area (Å²) in [6.45, 7) is 3.20. The van der Waals surface area contributed by atoms with Crippen molar-refractivity contribution in [1.82, 2.24) is 19.9 Å². The number of pyridine rings is 1. The van der Waals surface area contributed by atoms with Crippen LogP contribution in [0.25, 0.3) is 32.9 Å². The standard InChI is InChI=1S/C33H32F4N6O3/c1-17-11-33(5-2-6-42(33)13-17)15-45-32-40-28-21(31(41-32)43-7-8-44-14-22-25(36)29(22)43)12-39-27(26(28)37)20-10-19(38)9-18-3-4-23(35)30(24(18)20)46-16-34/h3-4,9-10,12,22,25,29H,1-2,5-8,11,13-16,38H2/t22-,25-,29-,33-/m0/s1/i16D2. The van der Waals surface area contributed by atoms with Crippen LogP contribution in [0, 0.1) is 17.6 Å². The third-order valence-electron chi connectivity index (χ3n) is 9.74. The van der Waals surface area contributed by atoms with Gasteiger partial charge in [-0.05, 0) is 49.4 Å². The zero-order valence-electron chi connectivity index (χ0n) is 26.7. The first-order chi connectivity index (χ1) is 22.9. The predicted molar refractivity (Wildman–Crippen MR) is 164 cm³/mol. The highest BCUT2D eigenvalue weighted by Crippen LogP contribution is 2.46. The number of anilines is 2. The van der Waals surface area contributed by atoms with Crippen molar-refractivity contribution in [2.75, 3.05) is 56.9 Å². The number of rotatable bonds is 7. The quantitative estimate of drug-likeness (QED) is 0.163. The number of aromatic nitrogens is 3. The summed E-state index contributed by atoms with van der Waals surface area (Å²) in [5.74, 6) is -2.92. The molecule has 13 heteroatoms. The van der Waals surface area contributed by atoms with Gasteiger partial charge < -0.3 is 24.8 Å². The van der Waals surface area contributed by atoms with Crippen molar-refractivity contribution in [3.63, 3.8) is 0 Å². The molecule has 4 aromatic rings. The van der Waals surface area contributed by atoms with Gasteiger partial charge in [-0.25, -0.2) is 17.6 Å². The second kappa shape index (κ2) is 10.9. The third kappa shape index (κ3) is 4.62. The molecule has 0 bridgehead atoms. The van der Waals surface area contributed by atoms with Gasteiger partial charge in [-0.1, -0.05) is 18.2 Å². The topological polar surface area (TPSA) is 98.9 Å². The maximum absolute atomic E-state index is 16.9. The molecule has 5 heterocycles. The van der Waals surface area contributed by atoms with E-state index in [2.05, 4.69) is 21.4 Å². The van der Waals surface area contributed by atoms with Gasteiger partial charge in [0.25, 0.3) is 0 Å². The second-order valence-corrected chi connectivity index (χ2v) is 12.6. The molecule has 3 aliphatic heterocycles. The smallest absolute Gasteiger partial charge is 0.319 e. The van der Waals surface area contributed by atoms with Crippen LogP contribution in [-0.2, 0) is 4.74 Å². The number of hydrogen-bond acceptors (Lipinski definition) is 9. The van der Waals surface area contributed by atoms with E-state index in [1.165, 1.54) is 24.4 Å². The molecular weight excluding hydrogens is 604 g/mol. The van der Waals surface area contributed by atoms with Crippen LogP contribution < -0.4 is 20.1 Å². The molecule has 240 valence electrons. The number of ether oxygens (including phenoxy) is 3. The maximum atomic E-state index is 16.9. The molecule has 4 fully saturated rings. The zero-order chi connectivity index (χ0) is 33.5. The SMILES string of the molecule is [2H]C([2H])(F)Oc1c(F)ccc2cc(N)cc(-c3ncc4c(N5CCOC[C@H]6[C@H](F)[C@H]65)nc(OC[C@@]56CCCN5CC(=C)C6)nc4c3F)c12. The average molecular weight is 639 g/mol. The van der Waals surface area contributed by atoms with Crippen LogP contribution in [0.4, 0.5) is 29.1 Å². The lowest BCUT2D eigenvalue weighted by Gasteiger charge is -2.31. The summed E-state index contributed by atoms with van der Waals surface area (Å²) < 4.78 is 92.2. The van der Waals surface area contributed by atoms with Crippen LogP contribution in [0.3, 0.4) is 0 Å². The Morgan fingerprint density at radius 2 is 2.07 bits per heavy atom. The summed E-state index contributed by atoms with van der Waals surface area (Å²) in [5.41, 5.74) is 6.53. The number of hydrogen-bond donors (Lipinski definition) is 1. The minimum Gasteiger partial charge on any atom is -0.461 e. The number of nitrogens with two attached hydrogens (primary N) is 1. The Morgan fingerprint density at radius 3 is 2.91 bits per heavy atom. The van der Waals surface area contributed by atoms with Crippen molar-refractivity contribution < 1.29 is 34.5 Å². The minimum atomic E-state index is -3.75. The van der Waals surface area contributed by atoms with Gasteiger partial charge in [0.15, 0.2) is 17.4 Å². The van der Waals surface area contributed by atoms with E-state index in [1.807, 2.05) is 0 Å². The van der Waals surface area contributed by atoms with Crippen LogP contribution in [0.15, 0.2) is 42.6 Å². The minimum absolute atomic E-state index is 0.0787. The summed E-state index contributed by atoms with van der Waals surface area (Å²) in [6, 6.07) is 4.42. The van der Waals surface area contributed by atoms with Crippen LogP contribution in [0.2, 0.25) is 0 Å². The fourth-order valence-electron chi connectivity index (χ4n) is 7.58. The number of fused-ring (bicyclic) bond motifs is 4. The van der Waals surface area contributed by atoms with E-state index in [-0.39, 0.29) is 75.1 Å². The lowest BCUT2D eigenvalue weighted by atomic mass is 9.94. The maximum Gasteiger partial charge on any atom is 0.319 e. The second-order valence-electron chi connectivity index (χ2n) is 12.6. The van der Waals surface area contributed by atoms with E-state index in [4.69, 9.17) is 27.7 Å². The molecule has 2 aromatic carbocycles. The van der Waals surface area contributed by atoms with Gasteiger partial charge in [0, 0.05) is 41.8 Å². The summed E-state index contributed by atoms with van der Waals surface area (Å²) in [4.78, 5) is 17.6. The van der Waals surface area contributed by atoms with Crippen molar-refractivity contribution in [3.8, 4) is 23.0 Å². The van der Waals surface area contributed by atoms with E-state index >= 15 is 8.78 Å². The molecule has 2 N–H and O–H groups in total. The number of nitrogen functional groups attached to an aromatic ring is 1. The fourth-order valence-corrected chi connectivity index (χ4v) is 7.58. The van der Waals surface area contributed by atoms with Gasteiger partial charge in [-0.15, -0.1) is 0 Å². The largest absolute Gasteiger partial charge is 0.461 e. The van der Waals surface area contributed by atoms with Crippen molar-refractivity contribution in [2.24, 2.45) is 5.92 Å². The fraction of sp³-hybridized carbons (Fsp3) is 0.424. The molecule has 0 spiro atoms.